The molecule has 0 fully saturated rings. The van der Waals surface area contributed by atoms with Gasteiger partial charge in [-0.2, -0.15) is 0 Å². The molecule has 0 amide bonds. The Bertz CT molecular complexity index is 159. The van der Waals surface area contributed by atoms with Gasteiger partial charge in [-0.3, -0.25) is 0 Å². The zero-order valence-electron chi connectivity index (χ0n) is 6.33. The molecule has 0 aromatic heterocycles. The summed E-state index contributed by atoms with van der Waals surface area (Å²) < 4.78 is 10.3. The minimum Gasteiger partial charge on any atom is -0.468 e. The number of allylic oxidation sites excluding steroid dienone is 2. The van der Waals surface area contributed by atoms with Gasteiger partial charge in [0, 0.05) is 0 Å². The highest BCUT2D eigenvalue weighted by atomic mass is 16.7. The summed E-state index contributed by atoms with van der Waals surface area (Å²) in [6.07, 6.45) is 6.01. The molecular formula is C8H12O2. The van der Waals surface area contributed by atoms with Crippen molar-refractivity contribution >= 4 is 0 Å². The maximum absolute atomic E-state index is 5.14. The van der Waals surface area contributed by atoms with Gasteiger partial charge in [0.15, 0.2) is 6.79 Å². The molecule has 0 saturated heterocycles. The number of rotatable bonds is 1. The highest BCUT2D eigenvalue weighted by Gasteiger charge is 2.06. The van der Waals surface area contributed by atoms with Gasteiger partial charge in [0.05, 0.1) is 6.10 Å². The van der Waals surface area contributed by atoms with E-state index < -0.39 is 0 Å². The van der Waals surface area contributed by atoms with Gasteiger partial charge in [-0.1, -0.05) is 6.08 Å². The Kier molecular flexibility index (Phi) is 2.51. The lowest BCUT2D eigenvalue weighted by Crippen LogP contribution is -2.14. The van der Waals surface area contributed by atoms with Gasteiger partial charge in [-0.25, -0.2) is 0 Å². The molecule has 0 aliphatic carbocycles. The Hall–Kier alpha value is -0.760. The molecule has 0 saturated carbocycles. The minimum absolute atomic E-state index is 0.181. The summed E-state index contributed by atoms with van der Waals surface area (Å²) in [6, 6.07) is 0. The van der Waals surface area contributed by atoms with Crippen LogP contribution in [-0.4, -0.2) is 12.9 Å². The molecule has 0 N–H and O–H groups in total. The highest BCUT2D eigenvalue weighted by molar-refractivity contribution is 5.13. The number of hydrogen-bond acceptors (Lipinski definition) is 2. The largest absolute Gasteiger partial charge is 0.468 e. The first-order chi connectivity index (χ1) is 4.83. The van der Waals surface area contributed by atoms with E-state index in [0.717, 1.165) is 5.76 Å². The Balaban J connectivity index is 2.57. The van der Waals surface area contributed by atoms with E-state index >= 15 is 0 Å². The van der Waals surface area contributed by atoms with E-state index in [1.165, 1.54) is 0 Å². The van der Waals surface area contributed by atoms with Crippen molar-refractivity contribution in [2.45, 2.75) is 20.0 Å². The van der Waals surface area contributed by atoms with E-state index in [9.17, 15) is 0 Å². The smallest absolute Gasteiger partial charge is 0.189 e. The van der Waals surface area contributed by atoms with Crippen LogP contribution in [0, 0.1) is 0 Å². The van der Waals surface area contributed by atoms with Crippen molar-refractivity contribution in [3.8, 4) is 0 Å². The van der Waals surface area contributed by atoms with E-state index in [1.807, 2.05) is 32.1 Å². The van der Waals surface area contributed by atoms with Crippen LogP contribution in [-0.2, 0) is 9.47 Å². The Morgan fingerprint density at radius 3 is 3.10 bits per heavy atom. The normalized spacial score (nSPS) is 26.2. The van der Waals surface area contributed by atoms with Crippen molar-refractivity contribution in [1.82, 2.24) is 0 Å². The second kappa shape index (κ2) is 3.42. The molecule has 0 aromatic rings. The Morgan fingerprint density at radius 1 is 1.70 bits per heavy atom. The molecule has 1 heterocycles. The first-order valence-electron chi connectivity index (χ1n) is 3.42. The summed E-state index contributed by atoms with van der Waals surface area (Å²) in [5.74, 6) is 0.904. The molecule has 0 bridgehead atoms. The first kappa shape index (κ1) is 7.35. The van der Waals surface area contributed by atoms with Crippen LogP contribution in [0.15, 0.2) is 24.0 Å². The average molecular weight is 140 g/mol. The third kappa shape index (κ3) is 1.88. The van der Waals surface area contributed by atoms with Crippen molar-refractivity contribution in [2.75, 3.05) is 6.79 Å². The maximum Gasteiger partial charge on any atom is 0.189 e. The SMILES string of the molecule is CC=CC1=CC(C)OCO1. The van der Waals surface area contributed by atoms with E-state index in [0.29, 0.717) is 6.79 Å². The van der Waals surface area contributed by atoms with Crippen LogP contribution in [0.4, 0.5) is 0 Å². The van der Waals surface area contributed by atoms with Crippen molar-refractivity contribution in [2.24, 2.45) is 0 Å². The fraction of sp³-hybridized carbons (Fsp3) is 0.500. The minimum atomic E-state index is 0.181. The van der Waals surface area contributed by atoms with Crippen molar-refractivity contribution in [3.63, 3.8) is 0 Å². The van der Waals surface area contributed by atoms with E-state index in [-0.39, 0.29) is 6.10 Å². The van der Waals surface area contributed by atoms with Crippen LogP contribution in [0.2, 0.25) is 0 Å². The topological polar surface area (TPSA) is 18.5 Å². The maximum atomic E-state index is 5.14. The summed E-state index contributed by atoms with van der Waals surface area (Å²) in [5.41, 5.74) is 0. The van der Waals surface area contributed by atoms with E-state index in [1.54, 1.807) is 0 Å². The van der Waals surface area contributed by atoms with Crippen molar-refractivity contribution in [1.29, 1.82) is 0 Å². The van der Waals surface area contributed by atoms with E-state index in [4.69, 9.17) is 9.47 Å². The van der Waals surface area contributed by atoms with Gasteiger partial charge in [0.25, 0.3) is 0 Å². The third-order valence-electron chi connectivity index (χ3n) is 1.29. The molecule has 1 aliphatic rings. The van der Waals surface area contributed by atoms with Crippen LogP contribution in [0.3, 0.4) is 0 Å². The third-order valence-corrected chi connectivity index (χ3v) is 1.29. The zero-order chi connectivity index (χ0) is 7.40. The molecule has 2 heteroatoms. The summed E-state index contributed by atoms with van der Waals surface area (Å²) in [4.78, 5) is 0. The molecule has 1 rings (SSSR count). The second-order valence-electron chi connectivity index (χ2n) is 2.20. The lowest BCUT2D eigenvalue weighted by atomic mass is 10.3. The summed E-state index contributed by atoms with van der Waals surface area (Å²) in [7, 11) is 0. The Morgan fingerprint density at radius 2 is 2.50 bits per heavy atom. The molecule has 10 heavy (non-hydrogen) atoms. The molecule has 1 unspecified atom stereocenters. The van der Waals surface area contributed by atoms with Crippen molar-refractivity contribution in [3.05, 3.63) is 24.0 Å². The predicted octanol–water partition coefficient (Wildman–Crippen LogP) is 1.84. The van der Waals surface area contributed by atoms with Crippen LogP contribution >= 0.6 is 0 Å². The van der Waals surface area contributed by atoms with Crippen LogP contribution in [0.5, 0.6) is 0 Å². The average Bonchev–Trinajstić information content (AvgIpc) is 1.88. The molecule has 56 valence electrons. The van der Waals surface area contributed by atoms with Crippen LogP contribution in [0.25, 0.3) is 0 Å². The molecule has 1 atom stereocenters. The fourth-order valence-electron chi connectivity index (χ4n) is 0.805. The standard InChI is InChI=1S/C8H12O2/c1-3-4-8-5-7(2)9-6-10-8/h3-5,7H,6H2,1-2H3. The molecule has 0 spiro atoms. The quantitative estimate of drug-likeness (QED) is 0.553. The lowest BCUT2D eigenvalue weighted by Gasteiger charge is -2.17. The summed E-state index contributed by atoms with van der Waals surface area (Å²) in [6.45, 7) is 4.33. The molecule has 0 aromatic carbocycles. The Labute approximate surface area is 61.1 Å². The number of hydrogen-bond donors (Lipinski definition) is 0. The zero-order valence-corrected chi connectivity index (χ0v) is 6.33. The van der Waals surface area contributed by atoms with E-state index in [2.05, 4.69) is 0 Å². The highest BCUT2D eigenvalue weighted by Crippen LogP contribution is 2.10. The van der Waals surface area contributed by atoms with Gasteiger partial charge in [-0.05, 0) is 26.0 Å². The molecule has 2 nitrogen and oxygen atoms in total. The van der Waals surface area contributed by atoms with Gasteiger partial charge < -0.3 is 9.47 Å². The summed E-state index contributed by atoms with van der Waals surface area (Å²) in [5, 5.41) is 0. The number of ether oxygens (including phenoxy) is 2. The van der Waals surface area contributed by atoms with Gasteiger partial charge in [0.2, 0.25) is 0 Å². The molecule has 0 radical (unpaired) electrons. The lowest BCUT2D eigenvalue weighted by molar-refractivity contribution is -0.0595. The van der Waals surface area contributed by atoms with Gasteiger partial charge >= 0.3 is 0 Å². The van der Waals surface area contributed by atoms with Gasteiger partial charge in [-0.15, -0.1) is 0 Å². The van der Waals surface area contributed by atoms with Crippen LogP contribution in [0.1, 0.15) is 13.8 Å². The van der Waals surface area contributed by atoms with Gasteiger partial charge in [0.1, 0.15) is 5.76 Å². The predicted molar refractivity (Wildman–Crippen MR) is 39.4 cm³/mol. The second-order valence-corrected chi connectivity index (χ2v) is 2.20. The molecular weight excluding hydrogens is 128 g/mol. The fourth-order valence-corrected chi connectivity index (χ4v) is 0.805. The monoisotopic (exact) mass is 140 g/mol. The first-order valence-corrected chi connectivity index (χ1v) is 3.42. The van der Waals surface area contributed by atoms with Crippen molar-refractivity contribution < 1.29 is 9.47 Å². The van der Waals surface area contributed by atoms with Crippen LogP contribution < -0.4 is 0 Å². The summed E-state index contributed by atoms with van der Waals surface area (Å²) >= 11 is 0. The molecule has 1 aliphatic heterocycles.